The third-order valence-electron chi connectivity index (χ3n) is 6.88. The van der Waals surface area contributed by atoms with Gasteiger partial charge in [-0.25, -0.2) is 4.79 Å². The van der Waals surface area contributed by atoms with E-state index in [9.17, 15) is 29.1 Å². The summed E-state index contributed by atoms with van der Waals surface area (Å²) in [6.07, 6.45) is 1.65. The van der Waals surface area contributed by atoms with E-state index < -0.39 is 60.2 Å². The van der Waals surface area contributed by atoms with Gasteiger partial charge in [0.15, 0.2) is 11.9 Å². The molecule has 1 aromatic heterocycles. The van der Waals surface area contributed by atoms with Gasteiger partial charge in [-0.15, -0.1) is 0 Å². The molecular weight excluding hydrogens is 602 g/mol. The molecule has 0 spiro atoms. The van der Waals surface area contributed by atoms with E-state index in [4.69, 9.17) is 33.8 Å². The van der Waals surface area contributed by atoms with Crippen molar-refractivity contribution in [3.8, 4) is 0 Å². The monoisotopic (exact) mass is 645 g/mol. The molecule has 18 nitrogen and oxygen atoms in total. The number of amides is 3. The average molecular weight is 646 g/mol. The number of aromatic amines is 1. The average Bonchev–Trinajstić information content (AvgIpc) is 3.40. The van der Waals surface area contributed by atoms with Gasteiger partial charge in [-0.3, -0.25) is 29.2 Å². The Labute approximate surface area is 264 Å². The third-order valence-corrected chi connectivity index (χ3v) is 6.88. The van der Waals surface area contributed by atoms with Crippen molar-refractivity contribution in [2.75, 3.05) is 13.1 Å². The summed E-state index contributed by atoms with van der Waals surface area (Å²) in [5.41, 5.74) is 28.8. The molecule has 0 aliphatic rings. The van der Waals surface area contributed by atoms with Crippen LogP contribution in [0.1, 0.15) is 44.1 Å². The number of carboxylic acids is 2. The molecular formula is C28H43N11O7. The number of nitrogens with two attached hydrogens (primary N) is 5. The Kier molecular flexibility index (Phi) is 14.7. The highest BCUT2D eigenvalue weighted by Crippen LogP contribution is 2.19. The maximum absolute atomic E-state index is 13.6. The maximum atomic E-state index is 13.6. The first-order chi connectivity index (χ1) is 21.8. The number of aliphatic carboxylic acids is 2. The lowest BCUT2D eigenvalue weighted by atomic mass is 10.0. The quantitative estimate of drug-likeness (QED) is 0.0406. The van der Waals surface area contributed by atoms with Gasteiger partial charge >= 0.3 is 11.9 Å². The molecule has 4 atom stereocenters. The summed E-state index contributed by atoms with van der Waals surface area (Å²) in [6.45, 7) is 0.399. The highest BCUT2D eigenvalue weighted by atomic mass is 16.4. The van der Waals surface area contributed by atoms with Crippen LogP contribution in [-0.4, -0.2) is 94.0 Å². The number of fused-ring (bicyclic) bond motifs is 1. The number of nitrogens with one attached hydrogen (secondary N) is 4. The number of para-hydroxylation sites is 1. The number of nitrogens with zero attached hydrogens (tertiary/aromatic N) is 2. The first-order valence-corrected chi connectivity index (χ1v) is 14.6. The van der Waals surface area contributed by atoms with Gasteiger partial charge < -0.3 is 59.8 Å². The standard InChI is InChI=1S/C28H43N11O7/c29-17(6-3-11-34-27(30)31)23(42)37-19(8-4-12-35-28(32)33)24(43)39-21(13-15-14-36-18-7-2-1-5-16(15)18)25(44)38-20(26(45)46)9-10-22(40)41/h1-2,5,7,14,17,19-21,36H,3-4,6,8-13,29H2,(H,37,42)(H,38,44)(H,39,43)(H,40,41)(H,45,46)(H4,30,31,34)(H4,32,33,35). The van der Waals surface area contributed by atoms with Crippen molar-refractivity contribution in [2.45, 2.75) is 69.1 Å². The van der Waals surface area contributed by atoms with Crippen LogP contribution >= 0.6 is 0 Å². The number of hydrogen-bond acceptors (Lipinski definition) is 8. The molecule has 16 N–H and O–H groups in total. The van der Waals surface area contributed by atoms with E-state index in [1.165, 1.54) is 0 Å². The molecule has 0 aliphatic carbocycles. The van der Waals surface area contributed by atoms with E-state index in [1.807, 2.05) is 18.2 Å². The fourth-order valence-corrected chi connectivity index (χ4v) is 4.50. The number of guanidine groups is 2. The van der Waals surface area contributed by atoms with Crippen LogP contribution in [0.3, 0.4) is 0 Å². The van der Waals surface area contributed by atoms with Crippen LogP contribution in [0.4, 0.5) is 0 Å². The summed E-state index contributed by atoms with van der Waals surface area (Å²) < 4.78 is 0. The normalized spacial score (nSPS) is 13.4. The van der Waals surface area contributed by atoms with E-state index >= 15 is 0 Å². The zero-order valence-corrected chi connectivity index (χ0v) is 25.3. The fourth-order valence-electron chi connectivity index (χ4n) is 4.50. The molecule has 0 saturated carbocycles. The first-order valence-electron chi connectivity index (χ1n) is 14.6. The van der Waals surface area contributed by atoms with Crippen LogP contribution in [0.2, 0.25) is 0 Å². The van der Waals surface area contributed by atoms with Gasteiger partial charge in [-0.2, -0.15) is 0 Å². The highest BCUT2D eigenvalue weighted by Gasteiger charge is 2.31. The molecule has 0 radical (unpaired) electrons. The predicted molar refractivity (Wildman–Crippen MR) is 170 cm³/mol. The Bertz CT molecular complexity index is 1420. The van der Waals surface area contributed by atoms with Gasteiger partial charge in [-0.1, -0.05) is 18.2 Å². The summed E-state index contributed by atoms with van der Waals surface area (Å²) >= 11 is 0. The minimum absolute atomic E-state index is 0.0624. The van der Waals surface area contributed by atoms with E-state index in [0.717, 1.165) is 10.9 Å². The van der Waals surface area contributed by atoms with Gasteiger partial charge in [0, 0.05) is 43.0 Å². The van der Waals surface area contributed by atoms with Crippen LogP contribution in [-0.2, 0) is 30.4 Å². The molecule has 1 heterocycles. The molecule has 4 unspecified atom stereocenters. The van der Waals surface area contributed by atoms with Crippen LogP contribution < -0.4 is 44.6 Å². The first kappa shape index (κ1) is 36.8. The van der Waals surface area contributed by atoms with Crippen LogP contribution in [0.5, 0.6) is 0 Å². The van der Waals surface area contributed by atoms with E-state index in [1.54, 1.807) is 12.3 Å². The number of hydrogen-bond donors (Lipinski definition) is 11. The molecule has 252 valence electrons. The largest absolute Gasteiger partial charge is 0.481 e. The second-order valence-electron chi connectivity index (χ2n) is 10.5. The third kappa shape index (κ3) is 12.7. The molecule has 0 saturated heterocycles. The number of benzene rings is 1. The zero-order valence-electron chi connectivity index (χ0n) is 25.3. The van der Waals surface area contributed by atoms with Crippen molar-refractivity contribution in [3.63, 3.8) is 0 Å². The van der Waals surface area contributed by atoms with Crippen molar-refractivity contribution in [1.29, 1.82) is 0 Å². The fraction of sp³-hybridized carbons (Fsp3) is 0.464. The zero-order chi connectivity index (χ0) is 34.2. The Morgan fingerprint density at radius 2 is 1.33 bits per heavy atom. The van der Waals surface area contributed by atoms with Crippen molar-refractivity contribution in [3.05, 3.63) is 36.0 Å². The van der Waals surface area contributed by atoms with Gasteiger partial charge in [0.2, 0.25) is 17.7 Å². The second kappa shape index (κ2) is 18.4. The van der Waals surface area contributed by atoms with Crippen LogP contribution in [0, 0.1) is 0 Å². The molecule has 0 aliphatic heterocycles. The maximum Gasteiger partial charge on any atom is 0.326 e. The Morgan fingerprint density at radius 3 is 1.93 bits per heavy atom. The van der Waals surface area contributed by atoms with Gasteiger partial charge in [-0.05, 0) is 43.7 Å². The lowest BCUT2D eigenvalue weighted by Gasteiger charge is -2.25. The Balaban J connectivity index is 2.30. The molecule has 2 rings (SSSR count). The number of carbonyl (C=O) groups excluding carboxylic acids is 3. The van der Waals surface area contributed by atoms with E-state index in [2.05, 4.69) is 30.9 Å². The van der Waals surface area contributed by atoms with E-state index in [0.29, 0.717) is 12.0 Å². The number of carbonyl (C=O) groups is 5. The van der Waals surface area contributed by atoms with E-state index in [-0.39, 0.29) is 57.1 Å². The number of aromatic nitrogens is 1. The number of carboxylic acid groups (broad SMARTS) is 2. The molecule has 0 fully saturated rings. The number of aliphatic imine (C=N–C) groups is 2. The SMILES string of the molecule is NC(N)=NCCCC(N)C(=O)NC(CCCN=C(N)N)C(=O)NC(Cc1c[nH]c2ccccc12)C(=O)NC(CCC(=O)O)C(=O)O. The minimum atomic E-state index is -1.53. The Hall–Kier alpha value is -5.39. The highest BCUT2D eigenvalue weighted by molar-refractivity contribution is 5.95. The summed E-state index contributed by atoms with van der Waals surface area (Å²) in [5, 5.41) is 26.9. The topological polar surface area (TPSA) is 333 Å². The lowest BCUT2D eigenvalue weighted by molar-refractivity contribution is -0.143. The summed E-state index contributed by atoms with van der Waals surface area (Å²) in [6, 6.07) is 2.22. The second-order valence-corrected chi connectivity index (χ2v) is 10.5. The smallest absolute Gasteiger partial charge is 0.326 e. The molecule has 0 bridgehead atoms. The molecule has 18 heteroatoms. The van der Waals surface area contributed by atoms with Crippen molar-refractivity contribution >= 4 is 52.5 Å². The molecule has 1 aromatic carbocycles. The summed E-state index contributed by atoms with van der Waals surface area (Å²) in [5.74, 6) is -5.17. The predicted octanol–water partition coefficient (Wildman–Crippen LogP) is -2.45. The van der Waals surface area contributed by atoms with Crippen molar-refractivity contribution in [2.24, 2.45) is 38.7 Å². The Morgan fingerprint density at radius 1 is 0.761 bits per heavy atom. The number of rotatable bonds is 20. The summed E-state index contributed by atoms with van der Waals surface area (Å²) in [7, 11) is 0. The van der Waals surface area contributed by atoms with Crippen molar-refractivity contribution in [1.82, 2.24) is 20.9 Å². The minimum Gasteiger partial charge on any atom is -0.481 e. The molecule has 3 amide bonds. The number of H-pyrrole nitrogens is 1. The van der Waals surface area contributed by atoms with Crippen LogP contribution in [0.15, 0.2) is 40.4 Å². The lowest BCUT2D eigenvalue weighted by Crippen LogP contribution is -2.57. The van der Waals surface area contributed by atoms with Gasteiger partial charge in [0.05, 0.1) is 6.04 Å². The van der Waals surface area contributed by atoms with Crippen LogP contribution in [0.25, 0.3) is 10.9 Å². The van der Waals surface area contributed by atoms with Crippen molar-refractivity contribution < 1.29 is 34.2 Å². The summed E-state index contributed by atoms with van der Waals surface area (Å²) in [4.78, 5) is 73.7. The van der Waals surface area contributed by atoms with Gasteiger partial charge in [0.25, 0.3) is 0 Å². The molecule has 46 heavy (non-hydrogen) atoms. The van der Waals surface area contributed by atoms with Gasteiger partial charge in [0.1, 0.15) is 18.1 Å². The molecule has 2 aromatic rings.